The van der Waals surface area contributed by atoms with Crippen LogP contribution in [0.4, 0.5) is 0 Å². The zero-order valence-electron chi connectivity index (χ0n) is 5.20. The fraction of sp³-hybridized carbons (Fsp3) is 1.00. The maximum absolute atomic E-state index is 7.82. The van der Waals surface area contributed by atoms with Crippen LogP contribution in [-0.2, 0) is 0 Å². The van der Waals surface area contributed by atoms with E-state index in [1.165, 1.54) is 0 Å². The lowest BCUT2D eigenvalue weighted by Crippen LogP contribution is -2.14. The Hall–Kier alpha value is -0.730. The Balaban J connectivity index is 3.05. The van der Waals surface area contributed by atoms with Gasteiger partial charge in [0.05, 0.1) is 0 Å². The van der Waals surface area contributed by atoms with Crippen molar-refractivity contribution < 1.29 is 0 Å². The summed E-state index contributed by atoms with van der Waals surface area (Å²) in [6.45, 7) is 1.38. The molecule has 8 heavy (non-hydrogen) atoms. The average molecular weight is 114 g/mol. The summed E-state index contributed by atoms with van der Waals surface area (Å²) in [5.74, 6) is 0. The summed E-state index contributed by atoms with van der Waals surface area (Å²) in [5, 5.41) is 3.35. The highest BCUT2D eigenvalue weighted by Crippen LogP contribution is 1.74. The van der Waals surface area contributed by atoms with Crippen LogP contribution in [-0.4, -0.2) is 32.1 Å². The molecule has 0 atom stereocenters. The highest BCUT2D eigenvalue weighted by atomic mass is 15.2. The topological polar surface area (TPSA) is 52.0 Å². The lowest BCUT2D eigenvalue weighted by Gasteiger charge is -2.03. The van der Waals surface area contributed by atoms with E-state index in [9.17, 15) is 0 Å². The van der Waals surface area contributed by atoms with Crippen LogP contribution in [0.1, 0.15) is 0 Å². The van der Waals surface area contributed by atoms with Crippen LogP contribution >= 0.6 is 0 Å². The van der Waals surface area contributed by atoms with Gasteiger partial charge in [0.1, 0.15) is 0 Å². The van der Waals surface area contributed by atoms with Gasteiger partial charge >= 0.3 is 0 Å². The Labute approximate surface area is 48.7 Å². The number of hydrogen-bond acceptors (Lipinski definition) is 2. The minimum absolute atomic E-state index is 0.559. The Kier molecular flexibility index (Phi) is 4.03. The largest absolute Gasteiger partial charge is 0.309 e. The van der Waals surface area contributed by atoms with Crippen molar-refractivity contribution in [3.63, 3.8) is 0 Å². The molecule has 0 spiro atoms. The Morgan fingerprint density at radius 2 is 2.25 bits per heavy atom. The van der Waals surface area contributed by atoms with Gasteiger partial charge in [0, 0.05) is 18.0 Å². The summed E-state index contributed by atoms with van der Waals surface area (Å²) in [4.78, 5) is 4.57. The first-order valence-electron chi connectivity index (χ1n) is 2.43. The first-order chi connectivity index (χ1) is 3.77. The molecule has 0 unspecified atom stereocenters. The van der Waals surface area contributed by atoms with Crippen LogP contribution in [0.15, 0.2) is 5.11 Å². The monoisotopic (exact) mass is 114 g/mol. The Morgan fingerprint density at radius 3 is 2.62 bits per heavy atom. The molecule has 0 radical (unpaired) electrons. The smallest absolute Gasteiger partial charge is 0.0385 e. The van der Waals surface area contributed by atoms with Gasteiger partial charge < -0.3 is 4.90 Å². The van der Waals surface area contributed by atoms with Gasteiger partial charge in [-0.1, -0.05) is 5.11 Å². The summed E-state index contributed by atoms with van der Waals surface area (Å²) in [6.07, 6.45) is 0. The first-order valence-corrected chi connectivity index (χ1v) is 2.43. The average Bonchev–Trinajstić information content (AvgIpc) is 1.66. The Morgan fingerprint density at radius 1 is 1.62 bits per heavy atom. The number of hydrogen-bond donors (Lipinski definition) is 0. The molecule has 0 saturated carbocycles. The normalized spacial score (nSPS) is 8.88. The van der Waals surface area contributed by atoms with Crippen LogP contribution in [0.5, 0.6) is 0 Å². The van der Waals surface area contributed by atoms with Crippen molar-refractivity contribution in [2.24, 2.45) is 5.11 Å². The third-order valence-electron chi connectivity index (χ3n) is 0.710. The summed E-state index contributed by atoms with van der Waals surface area (Å²) in [6, 6.07) is 0. The predicted molar refractivity (Wildman–Crippen MR) is 32.6 cm³/mol. The minimum Gasteiger partial charge on any atom is -0.309 e. The van der Waals surface area contributed by atoms with E-state index in [0.717, 1.165) is 6.54 Å². The van der Waals surface area contributed by atoms with Gasteiger partial charge in [0.15, 0.2) is 0 Å². The van der Waals surface area contributed by atoms with E-state index < -0.39 is 0 Å². The standard InChI is InChI=1S/C4H10N4/c1-8(2)4-3-6-7-5/h3-4H2,1-2H3. The highest BCUT2D eigenvalue weighted by molar-refractivity contribution is 4.48. The van der Waals surface area contributed by atoms with E-state index >= 15 is 0 Å². The van der Waals surface area contributed by atoms with E-state index in [-0.39, 0.29) is 0 Å². The second-order valence-corrected chi connectivity index (χ2v) is 1.76. The van der Waals surface area contributed by atoms with Crippen LogP contribution < -0.4 is 0 Å². The third kappa shape index (κ3) is 5.27. The molecule has 0 aromatic carbocycles. The van der Waals surface area contributed by atoms with Crippen molar-refractivity contribution in [3.8, 4) is 0 Å². The van der Waals surface area contributed by atoms with E-state index in [4.69, 9.17) is 5.53 Å². The predicted octanol–water partition coefficient (Wildman–Crippen LogP) is 0.858. The lowest BCUT2D eigenvalue weighted by molar-refractivity contribution is 0.420. The molecule has 0 saturated heterocycles. The van der Waals surface area contributed by atoms with E-state index in [1.807, 2.05) is 19.0 Å². The molecule has 0 aliphatic carbocycles. The number of likely N-dealkylation sites (N-methyl/N-ethyl adjacent to an activating group) is 1. The fourth-order valence-corrected chi connectivity index (χ4v) is 0.289. The number of rotatable bonds is 3. The van der Waals surface area contributed by atoms with Crippen molar-refractivity contribution in [1.29, 1.82) is 0 Å². The quantitative estimate of drug-likeness (QED) is 0.305. The second kappa shape index (κ2) is 4.43. The highest BCUT2D eigenvalue weighted by Gasteiger charge is 1.83. The van der Waals surface area contributed by atoms with Crippen molar-refractivity contribution in [2.75, 3.05) is 27.2 Å². The molecule has 0 fully saturated rings. The molecule has 0 amide bonds. The fourth-order valence-electron chi connectivity index (χ4n) is 0.289. The second-order valence-electron chi connectivity index (χ2n) is 1.76. The molecule has 0 heterocycles. The molecule has 0 N–H and O–H groups in total. The van der Waals surface area contributed by atoms with Gasteiger partial charge in [0.2, 0.25) is 0 Å². The van der Waals surface area contributed by atoms with Crippen LogP contribution in [0.3, 0.4) is 0 Å². The molecule has 4 heteroatoms. The Bertz CT molecular complexity index is 92.2. The summed E-state index contributed by atoms with van der Waals surface area (Å²) >= 11 is 0. The van der Waals surface area contributed by atoms with Crippen molar-refractivity contribution >= 4 is 0 Å². The molecule has 0 aliphatic heterocycles. The SMILES string of the molecule is CN(C)CCN=[N+]=[N-]. The first kappa shape index (κ1) is 7.27. The van der Waals surface area contributed by atoms with Gasteiger partial charge in [0.25, 0.3) is 0 Å². The van der Waals surface area contributed by atoms with Crippen molar-refractivity contribution in [2.45, 2.75) is 0 Å². The van der Waals surface area contributed by atoms with E-state index in [2.05, 4.69) is 10.0 Å². The molecule has 0 rings (SSSR count). The molecule has 0 aromatic rings. The van der Waals surface area contributed by atoms with Crippen molar-refractivity contribution in [3.05, 3.63) is 10.4 Å². The third-order valence-corrected chi connectivity index (χ3v) is 0.710. The van der Waals surface area contributed by atoms with Gasteiger partial charge in [-0.25, -0.2) is 0 Å². The van der Waals surface area contributed by atoms with Gasteiger partial charge in [-0.3, -0.25) is 0 Å². The van der Waals surface area contributed by atoms with Crippen LogP contribution in [0, 0.1) is 0 Å². The zero-order valence-corrected chi connectivity index (χ0v) is 5.20. The van der Waals surface area contributed by atoms with E-state index in [1.54, 1.807) is 0 Å². The maximum atomic E-state index is 7.82. The molecule has 0 aliphatic rings. The van der Waals surface area contributed by atoms with Gasteiger partial charge in [-0.05, 0) is 19.6 Å². The molecular weight excluding hydrogens is 104 g/mol. The van der Waals surface area contributed by atoms with Crippen LogP contribution in [0.25, 0.3) is 10.4 Å². The van der Waals surface area contributed by atoms with E-state index in [0.29, 0.717) is 6.54 Å². The summed E-state index contributed by atoms with van der Waals surface area (Å²) in [7, 11) is 3.87. The number of azide groups is 1. The van der Waals surface area contributed by atoms with Gasteiger partial charge in [-0.15, -0.1) is 0 Å². The number of nitrogens with zero attached hydrogens (tertiary/aromatic N) is 4. The summed E-state index contributed by atoms with van der Waals surface area (Å²) < 4.78 is 0. The zero-order chi connectivity index (χ0) is 6.41. The summed E-state index contributed by atoms with van der Waals surface area (Å²) in [5.41, 5.74) is 7.82. The van der Waals surface area contributed by atoms with Crippen LogP contribution in [0.2, 0.25) is 0 Å². The molecule has 0 aromatic heterocycles. The molecule has 4 nitrogen and oxygen atoms in total. The molecule has 0 bridgehead atoms. The minimum atomic E-state index is 0.559. The van der Waals surface area contributed by atoms with Crippen molar-refractivity contribution in [1.82, 2.24) is 4.90 Å². The molecule has 46 valence electrons. The van der Waals surface area contributed by atoms with Gasteiger partial charge in [-0.2, -0.15) is 0 Å². The molecular formula is C4H10N4. The lowest BCUT2D eigenvalue weighted by atomic mass is 10.6. The maximum Gasteiger partial charge on any atom is 0.0385 e.